The highest BCUT2D eigenvalue weighted by atomic mass is 32.2. The molecule has 9 nitrogen and oxygen atoms in total. The number of nitrogens with one attached hydrogen (secondary N) is 1. The van der Waals surface area contributed by atoms with Crippen LogP contribution < -0.4 is 10.2 Å². The molecule has 2 atom stereocenters. The summed E-state index contributed by atoms with van der Waals surface area (Å²) in [6.07, 6.45) is 4.06. The van der Waals surface area contributed by atoms with Gasteiger partial charge in [0.1, 0.15) is 0 Å². The average molecular weight is 529 g/mol. The zero-order valence-corrected chi connectivity index (χ0v) is 22.8. The second kappa shape index (κ2) is 10.8. The van der Waals surface area contributed by atoms with E-state index in [2.05, 4.69) is 22.3 Å². The molecule has 0 saturated carbocycles. The molecule has 10 heteroatoms. The predicted octanol–water partition coefficient (Wildman–Crippen LogP) is 3.80. The van der Waals surface area contributed by atoms with E-state index in [-0.39, 0.29) is 22.8 Å². The molecule has 2 aliphatic rings. The highest BCUT2D eigenvalue weighted by Gasteiger charge is 2.49. The normalized spacial score (nSPS) is 21.6. The maximum atomic E-state index is 13.9. The van der Waals surface area contributed by atoms with Gasteiger partial charge in [-0.15, -0.1) is 0 Å². The van der Waals surface area contributed by atoms with E-state index in [1.165, 1.54) is 49.8 Å². The molecule has 4 rings (SSSR count). The van der Waals surface area contributed by atoms with Crippen molar-refractivity contribution in [3.63, 3.8) is 0 Å². The number of hydrogen-bond donors (Lipinski definition) is 1. The number of carbonyl (C=O) groups is 2. The summed E-state index contributed by atoms with van der Waals surface area (Å²) in [7, 11) is 0.594. The molecular weight excluding hydrogens is 492 g/mol. The van der Waals surface area contributed by atoms with E-state index in [1.807, 2.05) is 18.2 Å². The Bertz CT molecular complexity index is 1250. The zero-order valence-electron chi connectivity index (χ0n) is 21.9. The molecule has 0 aliphatic carbocycles. The van der Waals surface area contributed by atoms with Gasteiger partial charge in [-0.1, -0.05) is 30.3 Å². The lowest BCUT2D eigenvalue weighted by molar-refractivity contribution is 0.0185. The van der Waals surface area contributed by atoms with Crippen molar-refractivity contribution in [2.75, 3.05) is 32.6 Å². The van der Waals surface area contributed by atoms with E-state index < -0.39 is 27.7 Å². The maximum absolute atomic E-state index is 13.9. The van der Waals surface area contributed by atoms with Gasteiger partial charge in [0.05, 0.1) is 28.4 Å². The van der Waals surface area contributed by atoms with Crippen molar-refractivity contribution in [3.8, 4) is 0 Å². The maximum Gasteiger partial charge on any atom is 0.414 e. The first-order valence-corrected chi connectivity index (χ1v) is 14.1. The van der Waals surface area contributed by atoms with Crippen LogP contribution in [0.3, 0.4) is 0 Å². The Balaban J connectivity index is 1.71. The minimum atomic E-state index is -3.79. The van der Waals surface area contributed by atoms with E-state index >= 15 is 0 Å². The molecule has 0 radical (unpaired) electrons. The summed E-state index contributed by atoms with van der Waals surface area (Å²) in [6, 6.07) is 14.8. The number of rotatable bonds is 8. The van der Waals surface area contributed by atoms with E-state index in [0.717, 1.165) is 43.0 Å². The molecule has 200 valence electrons. The van der Waals surface area contributed by atoms with Crippen LogP contribution >= 0.6 is 0 Å². The molecular formula is C27H36N4O5S. The standard InChI is InChI=1S/C27H36N4O5S/c1-5-36-26(33)30(4)24-14-13-22(37(34,35)29(2)3)18-23(24)25(32)28-27-16-9-12-21(15-17-27)31(27)19-20-10-7-6-8-11-20/h6-8,10-11,13-14,18,21H,5,9,12,15-17,19H2,1-4H3,(H,28,32). The molecule has 2 bridgehead atoms. The van der Waals surface area contributed by atoms with E-state index in [0.29, 0.717) is 6.04 Å². The Morgan fingerprint density at radius 3 is 2.49 bits per heavy atom. The third-order valence-corrected chi connectivity index (χ3v) is 9.26. The van der Waals surface area contributed by atoms with Crippen molar-refractivity contribution in [1.82, 2.24) is 14.5 Å². The van der Waals surface area contributed by atoms with Crippen LogP contribution in [0.25, 0.3) is 0 Å². The van der Waals surface area contributed by atoms with E-state index in [9.17, 15) is 18.0 Å². The predicted molar refractivity (Wildman–Crippen MR) is 142 cm³/mol. The Hall–Kier alpha value is -2.95. The van der Waals surface area contributed by atoms with Crippen LogP contribution in [0.2, 0.25) is 0 Å². The summed E-state index contributed by atoms with van der Waals surface area (Å²) in [6.45, 7) is 2.60. The van der Waals surface area contributed by atoms with Gasteiger partial charge in [-0.2, -0.15) is 0 Å². The fourth-order valence-electron chi connectivity index (χ4n) is 5.47. The Morgan fingerprint density at radius 2 is 1.81 bits per heavy atom. The van der Waals surface area contributed by atoms with E-state index in [1.54, 1.807) is 6.92 Å². The summed E-state index contributed by atoms with van der Waals surface area (Å²) in [5.74, 6) is -0.414. The molecule has 1 N–H and O–H groups in total. The van der Waals surface area contributed by atoms with Crippen LogP contribution in [0.15, 0.2) is 53.4 Å². The summed E-state index contributed by atoms with van der Waals surface area (Å²) >= 11 is 0. The second-order valence-electron chi connectivity index (χ2n) is 9.91. The largest absolute Gasteiger partial charge is 0.449 e. The first-order valence-electron chi connectivity index (χ1n) is 12.7. The summed E-state index contributed by atoms with van der Waals surface area (Å²) in [5, 5.41) is 3.28. The van der Waals surface area contributed by atoms with Crippen LogP contribution in [0.5, 0.6) is 0 Å². The van der Waals surface area contributed by atoms with Gasteiger partial charge in [-0.05, 0) is 62.8 Å². The van der Waals surface area contributed by atoms with Crippen LogP contribution in [0.1, 0.15) is 54.9 Å². The first kappa shape index (κ1) is 27.1. The van der Waals surface area contributed by atoms with Crippen LogP contribution in [0, 0.1) is 0 Å². The lowest BCUT2D eigenvalue weighted by Crippen LogP contribution is -2.60. The summed E-state index contributed by atoms with van der Waals surface area (Å²) in [5.41, 5.74) is 1.04. The van der Waals surface area contributed by atoms with Crippen molar-refractivity contribution in [3.05, 3.63) is 59.7 Å². The molecule has 2 amide bonds. The van der Waals surface area contributed by atoms with Crippen LogP contribution in [-0.2, 0) is 21.3 Å². The van der Waals surface area contributed by atoms with Gasteiger partial charge < -0.3 is 10.1 Å². The molecule has 2 aromatic carbocycles. The zero-order chi connectivity index (χ0) is 26.8. The van der Waals surface area contributed by atoms with Crippen LogP contribution in [-0.4, -0.2) is 69.1 Å². The number of nitrogens with zero attached hydrogens (tertiary/aromatic N) is 3. The van der Waals surface area contributed by atoms with Crippen molar-refractivity contribution in [1.29, 1.82) is 0 Å². The Labute approximate surface area is 219 Å². The first-order chi connectivity index (χ1) is 17.6. The average Bonchev–Trinajstić information content (AvgIpc) is 3.06. The summed E-state index contributed by atoms with van der Waals surface area (Å²) < 4.78 is 32.0. The monoisotopic (exact) mass is 528 g/mol. The number of piperidine rings is 1. The lowest BCUT2D eigenvalue weighted by Gasteiger charge is -2.45. The molecule has 37 heavy (non-hydrogen) atoms. The molecule has 2 saturated heterocycles. The fraction of sp³-hybridized carbons (Fsp3) is 0.481. The fourth-order valence-corrected chi connectivity index (χ4v) is 6.40. The van der Waals surface area contributed by atoms with E-state index in [4.69, 9.17) is 4.74 Å². The number of ether oxygens (including phenoxy) is 1. The van der Waals surface area contributed by atoms with Crippen molar-refractivity contribution < 1.29 is 22.7 Å². The molecule has 2 aromatic rings. The summed E-state index contributed by atoms with van der Waals surface area (Å²) in [4.78, 5) is 30.0. The lowest BCUT2D eigenvalue weighted by atomic mass is 9.95. The molecule has 0 spiro atoms. The number of benzene rings is 2. The topological polar surface area (TPSA) is 99.3 Å². The molecule has 0 aromatic heterocycles. The minimum Gasteiger partial charge on any atom is -0.449 e. The van der Waals surface area contributed by atoms with Gasteiger partial charge in [0.15, 0.2) is 0 Å². The second-order valence-corrected chi connectivity index (χ2v) is 12.1. The Kier molecular flexibility index (Phi) is 7.91. The van der Waals surface area contributed by atoms with Crippen molar-refractivity contribution in [2.24, 2.45) is 0 Å². The molecule has 2 aliphatic heterocycles. The molecule has 2 heterocycles. The van der Waals surface area contributed by atoms with Crippen molar-refractivity contribution in [2.45, 2.75) is 62.2 Å². The Morgan fingerprint density at radius 1 is 1.08 bits per heavy atom. The van der Waals surface area contributed by atoms with Gasteiger partial charge >= 0.3 is 6.09 Å². The smallest absolute Gasteiger partial charge is 0.414 e. The van der Waals surface area contributed by atoms with Gasteiger partial charge in [-0.3, -0.25) is 14.6 Å². The van der Waals surface area contributed by atoms with Gasteiger partial charge in [0, 0.05) is 33.7 Å². The quantitative estimate of drug-likeness (QED) is 0.560. The third kappa shape index (κ3) is 5.37. The van der Waals surface area contributed by atoms with Gasteiger partial charge in [-0.25, -0.2) is 17.5 Å². The number of anilines is 1. The van der Waals surface area contributed by atoms with Gasteiger partial charge in [0.2, 0.25) is 10.0 Å². The number of sulfonamides is 1. The number of carbonyl (C=O) groups excluding carboxylic acids is 2. The SMILES string of the molecule is CCOC(=O)N(C)c1ccc(S(=O)(=O)N(C)C)cc1C(=O)NC12CCCC(CC1)N2Cc1ccccc1. The molecule has 2 unspecified atom stereocenters. The third-order valence-electron chi connectivity index (χ3n) is 7.45. The minimum absolute atomic E-state index is 0.0183. The van der Waals surface area contributed by atoms with Crippen molar-refractivity contribution >= 4 is 27.7 Å². The number of amides is 2. The number of hydrogen-bond acceptors (Lipinski definition) is 6. The number of fused-ring (bicyclic) bond motifs is 2. The highest BCUT2D eigenvalue weighted by Crippen LogP contribution is 2.43. The van der Waals surface area contributed by atoms with Gasteiger partial charge in [0.25, 0.3) is 5.91 Å². The highest BCUT2D eigenvalue weighted by molar-refractivity contribution is 7.89. The van der Waals surface area contributed by atoms with Crippen LogP contribution in [0.4, 0.5) is 10.5 Å². The molecule has 2 fully saturated rings.